The van der Waals surface area contributed by atoms with Gasteiger partial charge in [-0.25, -0.2) is 0 Å². The number of amides is 1. The average Bonchev–Trinajstić information content (AvgIpc) is 2.93. The van der Waals surface area contributed by atoms with E-state index in [-0.39, 0.29) is 5.91 Å². The van der Waals surface area contributed by atoms with Gasteiger partial charge in [-0.1, -0.05) is 27.5 Å². The minimum absolute atomic E-state index is 0.127. The molecule has 1 heterocycles. The first-order chi connectivity index (χ1) is 9.56. The number of nitrogens with one attached hydrogen (secondary N) is 2. The molecule has 1 aromatic carbocycles. The Morgan fingerprint density at radius 2 is 2.25 bits per heavy atom. The van der Waals surface area contributed by atoms with Crippen LogP contribution in [0.1, 0.15) is 12.7 Å². The van der Waals surface area contributed by atoms with Crippen molar-refractivity contribution in [1.82, 2.24) is 5.32 Å². The van der Waals surface area contributed by atoms with Crippen LogP contribution in [0.3, 0.4) is 0 Å². The minimum atomic E-state index is -0.406. The molecule has 0 saturated carbocycles. The lowest BCUT2D eigenvalue weighted by Gasteiger charge is -2.16. The predicted octanol–water partition coefficient (Wildman–Crippen LogP) is 3.81. The first-order valence-electron chi connectivity index (χ1n) is 6.08. The van der Waals surface area contributed by atoms with E-state index in [4.69, 9.17) is 16.0 Å². The molecule has 0 saturated heterocycles. The van der Waals surface area contributed by atoms with Gasteiger partial charge in [-0.05, 0) is 37.3 Å². The molecule has 20 heavy (non-hydrogen) atoms. The normalized spacial score (nSPS) is 11.9. The monoisotopic (exact) mass is 356 g/mol. The number of carbonyl (C=O) groups is 1. The third-order valence-electron chi connectivity index (χ3n) is 2.71. The SMILES string of the molecule is CC(Nc1cc(Br)ccc1Cl)C(=O)NCc1ccco1. The fourth-order valence-corrected chi connectivity index (χ4v) is 2.18. The van der Waals surface area contributed by atoms with Crippen LogP contribution in [0.5, 0.6) is 0 Å². The maximum Gasteiger partial charge on any atom is 0.242 e. The number of halogens is 2. The van der Waals surface area contributed by atoms with E-state index in [9.17, 15) is 4.79 Å². The molecule has 106 valence electrons. The van der Waals surface area contributed by atoms with Gasteiger partial charge in [0, 0.05) is 4.47 Å². The highest BCUT2D eigenvalue weighted by atomic mass is 79.9. The zero-order valence-electron chi connectivity index (χ0n) is 10.8. The van der Waals surface area contributed by atoms with Crippen molar-refractivity contribution >= 4 is 39.1 Å². The second-order valence-corrected chi connectivity index (χ2v) is 5.61. The summed E-state index contributed by atoms with van der Waals surface area (Å²) in [4.78, 5) is 12.0. The number of hydrogen-bond donors (Lipinski definition) is 2. The second-order valence-electron chi connectivity index (χ2n) is 4.29. The zero-order chi connectivity index (χ0) is 14.5. The molecular formula is C14H14BrClN2O2. The maximum atomic E-state index is 12.0. The standard InChI is InChI=1S/C14H14BrClN2O2/c1-9(14(19)17-8-11-3-2-6-20-11)18-13-7-10(15)4-5-12(13)16/h2-7,9,18H,8H2,1H3,(H,17,19). The van der Waals surface area contributed by atoms with E-state index in [1.54, 1.807) is 25.3 Å². The van der Waals surface area contributed by atoms with Crippen LogP contribution in [0.4, 0.5) is 5.69 Å². The summed E-state index contributed by atoms with van der Waals surface area (Å²) in [6.07, 6.45) is 1.57. The van der Waals surface area contributed by atoms with Crippen LogP contribution in [-0.2, 0) is 11.3 Å². The molecular weight excluding hydrogens is 344 g/mol. The van der Waals surface area contributed by atoms with Crippen molar-refractivity contribution in [2.45, 2.75) is 19.5 Å². The van der Waals surface area contributed by atoms with E-state index in [0.717, 1.165) is 4.47 Å². The number of hydrogen-bond acceptors (Lipinski definition) is 3. The Morgan fingerprint density at radius 3 is 2.95 bits per heavy atom. The molecule has 0 fully saturated rings. The van der Waals surface area contributed by atoms with Gasteiger partial charge in [0.05, 0.1) is 23.5 Å². The van der Waals surface area contributed by atoms with E-state index in [1.165, 1.54) is 0 Å². The summed E-state index contributed by atoms with van der Waals surface area (Å²) in [5, 5.41) is 6.43. The van der Waals surface area contributed by atoms with Crippen LogP contribution in [0.25, 0.3) is 0 Å². The lowest BCUT2D eigenvalue weighted by Crippen LogP contribution is -2.37. The fraction of sp³-hybridized carbons (Fsp3) is 0.214. The molecule has 2 rings (SSSR count). The molecule has 6 heteroatoms. The molecule has 0 spiro atoms. The minimum Gasteiger partial charge on any atom is -0.467 e. The Morgan fingerprint density at radius 1 is 1.45 bits per heavy atom. The predicted molar refractivity (Wildman–Crippen MR) is 82.8 cm³/mol. The number of anilines is 1. The second kappa shape index (κ2) is 6.81. The zero-order valence-corrected chi connectivity index (χ0v) is 13.2. The molecule has 1 aromatic heterocycles. The van der Waals surface area contributed by atoms with Gasteiger partial charge in [-0.2, -0.15) is 0 Å². The molecule has 0 aliphatic rings. The van der Waals surface area contributed by atoms with E-state index < -0.39 is 6.04 Å². The largest absolute Gasteiger partial charge is 0.467 e. The first-order valence-corrected chi connectivity index (χ1v) is 7.25. The molecule has 1 atom stereocenters. The molecule has 0 aliphatic heterocycles. The highest BCUT2D eigenvalue weighted by Crippen LogP contribution is 2.26. The molecule has 2 N–H and O–H groups in total. The van der Waals surface area contributed by atoms with Gasteiger partial charge in [-0.15, -0.1) is 0 Å². The summed E-state index contributed by atoms with van der Waals surface area (Å²) in [5.41, 5.74) is 0.710. The fourth-order valence-electron chi connectivity index (χ4n) is 1.65. The van der Waals surface area contributed by atoms with Crippen LogP contribution < -0.4 is 10.6 Å². The van der Waals surface area contributed by atoms with Crippen LogP contribution >= 0.6 is 27.5 Å². The van der Waals surface area contributed by atoms with Gasteiger partial charge in [-0.3, -0.25) is 4.79 Å². The number of carbonyl (C=O) groups excluding carboxylic acids is 1. The van der Waals surface area contributed by atoms with Crippen molar-refractivity contribution in [3.63, 3.8) is 0 Å². The molecule has 1 unspecified atom stereocenters. The van der Waals surface area contributed by atoms with Gasteiger partial charge >= 0.3 is 0 Å². The first kappa shape index (κ1) is 14.9. The van der Waals surface area contributed by atoms with E-state index >= 15 is 0 Å². The number of benzene rings is 1. The van der Waals surface area contributed by atoms with Gasteiger partial charge < -0.3 is 15.1 Å². The Kier molecular flexibility index (Phi) is 5.09. The molecule has 0 radical (unpaired) electrons. The quantitative estimate of drug-likeness (QED) is 0.855. The van der Waals surface area contributed by atoms with E-state index in [2.05, 4.69) is 26.6 Å². The van der Waals surface area contributed by atoms with Crippen LogP contribution in [0.15, 0.2) is 45.5 Å². The molecule has 4 nitrogen and oxygen atoms in total. The summed E-state index contributed by atoms with van der Waals surface area (Å²) >= 11 is 9.44. The number of rotatable bonds is 5. The molecule has 0 aliphatic carbocycles. The van der Waals surface area contributed by atoms with Crippen molar-refractivity contribution in [2.75, 3.05) is 5.32 Å². The third kappa shape index (κ3) is 4.02. The molecule has 0 bridgehead atoms. The van der Waals surface area contributed by atoms with Crippen molar-refractivity contribution < 1.29 is 9.21 Å². The Hall–Kier alpha value is -1.46. The lowest BCUT2D eigenvalue weighted by molar-refractivity contribution is -0.121. The van der Waals surface area contributed by atoms with Crippen molar-refractivity contribution in [1.29, 1.82) is 0 Å². The third-order valence-corrected chi connectivity index (χ3v) is 3.53. The lowest BCUT2D eigenvalue weighted by atomic mass is 10.2. The van der Waals surface area contributed by atoms with Gasteiger partial charge in [0.1, 0.15) is 11.8 Å². The van der Waals surface area contributed by atoms with E-state index in [1.807, 2.05) is 18.2 Å². The topological polar surface area (TPSA) is 54.3 Å². The summed E-state index contributed by atoms with van der Waals surface area (Å²) in [6.45, 7) is 2.14. The van der Waals surface area contributed by atoms with Crippen molar-refractivity contribution in [2.24, 2.45) is 0 Å². The highest BCUT2D eigenvalue weighted by Gasteiger charge is 2.14. The van der Waals surface area contributed by atoms with Gasteiger partial charge in [0.25, 0.3) is 0 Å². The summed E-state index contributed by atoms with van der Waals surface area (Å²) in [6, 6.07) is 8.63. The van der Waals surface area contributed by atoms with Crippen LogP contribution in [-0.4, -0.2) is 11.9 Å². The Labute approximate surface area is 130 Å². The van der Waals surface area contributed by atoms with Crippen molar-refractivity contribution in [3.05, 3.63) is 51.9 Å². The van der Waals surface area contributed by atoms with Crippen LogP contribution in [0.2, 0.25) is 5.02 Å². The maximum absolute atomic E-state index is 12.0. The highest BCUT2D eigenvalue weighted by molar-refractivity contribution is 9.10. The Bertz CT molecular complexity index is 587. The van der Waals surface area contributed by atoms with Crippen molar-refractivity contribution in [3.8, 4) is 0 Å². The van der Waals surface area contributed by atoms with Crippen LogP contribution in [0, 0.1) is 0 Å². The Balaban J connectivity index is 1.92. The summed E-state index contributed by atoms with van der Waals surface area (Å²) in [7, 11) is 0. The smallest absolute Gasteiger partial charge is 0.242 e. The van der Waals surface area contributed by atoms with Gasteiger partial charge in [0.15, 0.2) is 0 Å². The molecule has 1 amide bonds. The van der Waals surface area contributed by atoms with Gasteiger partial charge in [0.2, 0.25) is 5.91 Å². The van der Waals surface area contributed by atoms with E-state index in [0.29, 0.717) is 23.0 Å². The summed E-state index contributed by atoms with van der Waals surface area (Å²) in [5.74, 6) is 0.587. The number of furan rings is 1. The molecule has 2 aromatic rings. The summed E-state index contributed by atoms with van der Waals surface area (Å²) < 4.78 is 6.05. The average molecular weight is 358 g/mol.